The number of hydrogen-bond donors (Lipinski definition) is 0. The van der Waals surface area contributed by atoms with Gasteiger partial charge in [0.1, 0.15) is 6.54 Å². The van der Waals surface area contributed by atoms with Crippen molar-refractivity contribution in [1.82, 2.24) is 0 Å². The second-order valence-electron chi connectivity index (χ2n) is 7.90. The van der Waals surface area contributed by atoms with Gasteiger partial charge in [-0.05, 0) is 79.6 Å². The first-order chi connectivity index (χ1) is 13.5. The molecule has 158 valence electrons. The summed E-state index contributed by atoms with van der Waals surface area (Å²) in [7, 11) is 0.0282. The van der Waals surface area contributed by atoms with Crippen LogP contribution >= 0.6 is 0 Å². The molecule has 1 aromatic carbocycles. The molecule has 29 heavy (non-hydrogen) atoms. The Balaban J connectivity index is 2.16. The van der Waals surface area contributed by atoms with E-state index in [1.54, 1.807) is 0 Å². The van der Waals surface area contributed by atoms with Gasteiger partial charge in [0.2, 0.25) is 0 Å². The first-order valence-corrected chi connectivity index (χ1v) is 11.5. The van der Waals surface area contributed by atoms with Gasteiger partial charge in [-0.1, -0.05) is 0 Å². The lowest BCUT2D eigenvalue weighted by molar-refractivity contribution is -0.697. The SMILES string of the molecule is C/C(=C(/C)c1cc(C)c(N(C)C)c(C)c1)c1cc[n+](CCCCS(=O)(=O)[O-])cc1. The van der Waals surface area contributed by atoms with Gasteiger partial charge in [0, 0.05) is 44.1 Å². The minimum Gasteiger partial charge on any atom is -0.748 e. The molecule has 0 radical (unpaired) electrons. The largest absolute Gasteiger partial charge is 0.748 e. The van der Waals surface area contributed by atoms with Gasteiger partial charge in [-0.3, -0.25) is 0 Å². The summed E-state index contributed by atoms with van der Waals surface area (Å²) in [6, 6.07) is 8.65. The van der Waals surface area contributed by atoms with E-state index in [0.29, 0.717) is 19.4 Å². The number of unbranched alkanes of at least 4 members (excludes halogenated alkanes) is 1. The minimum atomic E-state index is -4.11. The monoisotopic (exact) mass is 416 g/mol. The van der Waals surface area contributed by atoms with E-state index >= 15 is 0 Å². The van der Waals surface area contributed by atoms with E-state index < -0.39 is 10.1 Å². The van der Waals surface area contributed by atoms with Crippen molar-refractivity contribution in [3.05, 3.63) is 58.9 Å². The van der Waals surface area contributed by atoms with Crippen molar-refractivity contribution in [2.75, 3.05) is 24.7 Å². The second-order valence-corrected chi connectivity index (χ2v) is 9.42. The zero-order valence-corrected chi connectivity index (χ0v) is 19.1. The van der Waals surface area contributed by atoms with Crippen LogP contribution in [0.3, 0.4) is 0 Å². The maximum atomic E-state index is 10.7. The summed E-state index contributed by atoms with van der Waals surface area (Å²) in [6.07, 6.45) is 5.06. The molecule has 0 amide bonds. The van der Waals surface area contributed by atoms with Crippen LogP contribution in [-0.2, 0) is 16.7 Å². The van der Waals surface area contributed by atoms with Crippen LogP contribution in [0.5, 0.6) is 0 Å². The number of allylic oxidation sites excluding steroid dienone is 2. The standard InChI is InChI=1S/C23H32N2O3S/c1-17-15-22(16-18(2)23(17)24(5)6)20(4)19(3)21-9-12-25(13-10-21)11-7-8-14-29(26,27)28/h9-10,12-13,15-16H,7-8,11,14H2,1-6H3. The van der Waals surface area contributed by atoms with E-state index in [2.05, 4.69) is 71.0 Å². The Hall–Kier alpha value is -2.18. The molecule has 0 spiro atoms. The zero-order valence-electron chi connectivity index (χ0n) is 18.3. The summed E-state index contributed by atoms with van der Waals surface area (Å²) < 4.78 is 34.0. The lowest BCUT2D eigenvalue weighted by Gasteiger charge is -2.20. The zero-order chi connectivity index (χ0) is 21.8. The molecule has 0 aliphatic heterocycles. The maximum Gasteiger partial charge on any atom is 0.169 e. The Morgan fingerprint density at radius 1 is 0.966 bits per heavy atom. The lowest BCUT2D eigenvalue weighted by Crippen LogP contribution is -2.32. The predicted molar refractivity (Wildman–Crippen MR) is 119 cm³/mol. The highest BCUT2D eigenvalue weighted by atomic mass is 32.2. The van der Waals surface area contributed by atoms with Crippen molar-refractivity contribution in [2.24, 2.45) is 0 Å². The molecule has 2 aromatic rings. The van der Waals surface area contributed by atoms with Gasteiger partial charge in [-0.25, -0.2) is 13.0 Å². The molecule has 1 aromatic heterocycles. The summed E-state index contributed by atoms with van der Waals surface area (Å²) in [6.45, 7) is 9.29. The third kappa shape index (κ3) is 6.41. The van der Waals surface area contributed by atoms with Crippen LogP contribution in [0.2, 0.25) is 0 Å². The van der Waals surface area contributed by atoms with Crippen LogP contribution in [-0.4, -0.2) is 32.8 Å². The first-order valence-electron chi connectivity index (χ1n) is 9.89. The van der Waals surface area contributed by atoms with Crippen LogP contribution in [0.25, 0.3) is 11.1 Å². The van der Waals surface area contributed by atoms with Gasteiger partial charge in [0.25, 0.3) is 0 Å². The first kappa shape index (κ1) is 23.1. The average Bonchev–Trinajstić information content (AvgIpc) is 2.63. The van der Waals surface area contributed by atoms with Crippen LogP contribution in [0.15, 0.2) is 36.7 Å². The Bertz CT molecular complexity index is 968. The van der Waals surface area contributed by atoms with Crippen LogP contribution in [0, 0.1) is 13.8 Å². The van der Waals surface area contributed by atoms with Crippen molar-refractivity contribution < 1.29 is 17.5 Å². The Morgan fingerprint density at radius 2 is 1.48 bits per heavy atom. The van der Waals surface area contributed by atoms with Crippen LogP contribution in [0.1, 0.15) is 48.9 Å². The van der Waals surface area contributed by atoms with Crippen molar-refractivity contribution in [3.8, 4) is 0 Å². The highest BCUT2D eigenvalue weighted by Gasteiger charge is 2.11. The molecule has 5 nitrogen and oxygen atoms in total. The molecule has 0 aliphatic rings. The smallest absolute Gasteiger partial charge is 0.169 e. The minimum absolute atomic E-state index is 0.294. The van der Waals surface area contributed by atoms with Crippen molar-refractivity contribution in [2.45, 2.75) is 47.1 Å². The summed E-state index contributed by atoms with van der Waals surface area (Å²) >= 11 is 0. The molecule has 0 unspecified atom stereocenters. The molecule has 1 heterocycles. The number of rotatable bonds is 8. The molecule has 0 fully saturated rings. The summed E-state index contributed by atoms with van der Waals surface area (Å²) in [4.78, 5) is 2.16. The van der Waals surface area contributed by atoms with Crippen molar-refractivity contribution in [1.29, 1.82) is 0 Å². The average molecular weight is 417 g/mol. The fraction of sp³-hybridized carbons (Fsp3) is 0.435. The number of benzene rings is 1. The molecule has 0 atom stereocenters. The van der Waals surface area contributed by atoms with Gasteiger partial charge in [0.05, 0.1) is 10.1 Å². The molecule has 0 aliphatic carbocycles. The summed E-state index contributed by atoms with van der Waals surface area (Å²) in [5, 5.41) is 0. The third-order valence-electron chi connectivity index (χ3n) is 5.32. The van der Waals surface area contributed by atoms with Crippen LogP contribution in [0.4, 0.5) is 5.69 Å². The molecule has 2 rings (SSSR count). The van der Waals surface area contributed by atoms with Crippen molar-refractivity contribution in [3.63, 3.8) is 0 Å². The number of aromatic nitrogens is 1. The molecule has 0 N–H and O–H groups in total. The molecule has 0 bridgehead atoms. The highest BCUT2D eigenvalue weighted by molar-refractivity contribution is 7.85. The van der Waals surface area contributed by atoms with E-state index in [0.717, 1.165) is 5.56 Å². The van der Waals surface area contributed by atoms with Gasteiger partial charge < -0.3 is 9.45 Å². The number of pyridine rings is 1. The van der Waals surface area contributed by atoms with E-state index in [1.165, 1.54) is 33.5 Å². The normalized spacial score (nSPS) is 12.7. The molecule has 0 saturated carbocycles. The van der Waals surface area contributed by atoms with Gasteiger partial charge in [-0.15, -0.1) is 0 Å². The molecular formula is C23H32N2O3S. The maximum absolute atomic E-state index is 10.7. The van der Waals surface area contributed by atoms with Gasteiger partial charge in [-0.2, -0.15) is 0 Å². The van der Waals surface area contributed by atoms with Gasteiger partial charge in [0.15, 0.2) is 12.4 Å². The Kier molecular flexibility index (Phi) is 7.60. The predicted octanol–water partition coefficient (Wildman–Crippen LogP) is 3.93. The molecule has 0 saturated heterocycles. The van der Waals surface area contributed by atoms with Gasteiger partial charge >= 0.3 is 0 Å². The van der Waals surface area contributed by atoms with E-state index in [9.17, 15) is 13.0 Å². The fourth-order valence-corrected chi connectivity index (χ4v) is 4.30. The third-order valence-corrected chi connectivity index (χ3v) is 6.11. The summed E-state index contributed by atoms with van der Waals surface area (Å²) in [5.74, 6) is -0.294. The Labute approximate surface area is 175 Å². The lowest BCUT2D eigenvalue weighted by atomic mass is 9.94. The van der Waals surface area contributed by atoms with Crippen molar-refractivity contribution >= 4 is 27.0 Å². The number of anilines is 1. The highest BCUT2D eigenvalue weighted by Crippen LogP contribution is 2.31. The Morgan fingerprint density at radius 3 is 1.97 bits per heavy atom. The number of hydrogen-bond acceptors (Lipinski definition) is 4. The topological polar surface area (TPSA) is 64.3 Å². The number of aryl methyl sites for hydroxylation is 3. The number of nitrogens with zero attached hydrogens (tertiary/aromatic N) is 2. The fourth-order valence-electron chi connectivity index (χ4n) is 3.74. The molecular weight excluding hydrogens is 384 g/mol. The van der Waals surface area contributed by atoms with E-state index in [-0.39, 0.29) is 5.75 Å². The van der Waals surface area contributed by atoms with Crippen LogP contribution < -0.4 is 9.47 Å². The van der Waals surface area contributed by atoms with E-state index in [1.807, 2.05) is 17.0 Å². The summed E-state index contributed by atoms with van der Waals surface area (Å²) in [5.41, 5.74) is 8.67. The quantitative estimate of drug-likeness (QED) is 0.371. The van der Waals surface area contributed by atoms with E-state index in [4.69, 9.17) is 0 Å². The molecule has 6 heteroatoms. The second kappa shape index (κ2) is 9.55.